The van der Waals surface area contributed by atoms with E-state index in [1.54, 1.807) is 0 Å². The highest BCUT2D eigenvalue weighted by atomic mass is 16.4. The second-order valence-electron chi connectivity index (χ2n) is 7.01. The standard InChI is InChI=1S/C18H34O4/c1-8-12-16(7,9-2)18(11-4,15(21)22)17(10-3,13(5)6)14(19)20/h13H,8-12H2,1-7H3,(H,19,20)(H,21,22). The molecule has 0 rings (SSSR count). The van der Waals surface area contributed by atoms with Crippen molar-refractivity contribution in [2.24, 2.45) is 22.2 Å². The summed E-state index contributed by atoms with van der Waals surface area (Å²) in [5.41, 5.74) is -3.10. The fourth-order valence-electron chi connectivity index (χ4n) is 4.91. The summed E-state index contributed by atoms with van der Waals surface area (Å²) in [5.74, 6) is -2.20. The van der Waals surface area contributed by atoms with Crippen LogP contribution in [0.1, 0.15) is 80.6 Å². The third-order valence-corrected chi connectivity index (χ3v) is 6.19. The number of rotatable bonds is 10. The molecule has 0 aromatic heterocycles. The van der Waals surface area contributed by atoms with E-state index >= 15 is 0 Å². The molecule has 0 fully saturated rings. The molecule has 0 aromatic carbocycles. The predicted octanol–water partition coefficient (Wildman–Crippen LogP) is 4.82. The zero-order valence-electron chi connectivity index (χ0n) is 15.3. The van der Waals surface area contributed by atoms with Gasteiger partial charge in [0.25, 0.3) is 0 Å². The van der Waals surface area contributed by atoms with Gasteiger partial charge in [0.15, 0.2) is 0 Å². The van der Waals surface area contributed by atoms with Gasteiger partial charge in [-0.15, -0.1) is 0 Å². The Labute approximate surface area is 135 Å². The molecule has 130 valence electrons. The van der Waals surface area contributed by atoms with Crippen molar-refractivity contribution in [2.45, 2.75) is 80.6 Å². The smallest absolute Gasteiger partial charge is 0.311 e. The molecule has 3 atom stereocenters. The van der Waals surface area contributed by atoms with Crippen molar-refractivity contribution in [1.82, 2.24) is 0 Å². The molecule has 4 nitrogen and oxygen atoms in total. The van der Waals surface area contributed by atoms with Crippen LogP contribution in [0.25, 0.3) is 0 Å². The Morgan fingerprint density at radius 3 is 1.59 bits per heavy atom. The van der Waals surface area contributed by atoms with Crippen molar-refractivity contribution >= 4 is 11.9 Å². The summed E-state index contributed by atoms with van der Waals surface area (Å²) >= 11 is 0. The van der Waals surface area contributed by atoms with Crippen LogP contribution in [0.2, 0.25) is 0 Å². The highest BCUT2D eigenvalue weighted by Gasteiger charge is 2.67. The maximum atomic E-state index is 12.5. The molecule has 0 spiro atoms. The largest absolute Gasteiger partial charge is 0.481 e. The van der Waals surface area contributed by atoms with Gasteiger partial charge in [0.05, 0.1) is 10.8 Å². The van der Waals surface area contributed by atoms with Crippen molar-refractivity contribution in [3.05, 3.63) is 0 Å². The second-order valence-corrected chi connectivity index (χ2v) is 7.01. The van der Waals surface area contributed by atoms with E-state index < -0.39 is 28.2 Å². The van der Waals surface area contributed by atoms with Gasteiger partial charge in [0.1, 0.15) is 0 Å². The molecular weight excluding hydrogens is 280 g/mol. The summed E-state index contributed by atoms with van der Waals surface area (Å²) in [6, 6.07) is 0. The van der Waals surface area contributed by atoms with Crippen LogP contribution in [0.4, 0.5) is 0 Å². The lowest BCUT2D eigenvalue weighted by atomic mass is 9.44. The van der Waals surface area contributed by atoms with Gasteiger partial charge in [-0.25, -0.2) is 0 Å². The van der Waals surface area contributed by atoms with Crippen molar-refractivity contribution in [3.8, 4) is 0 Å². The number of carboxylic acid groups (broad SMARTS) is 2. The Bertz CT molecular complexity index is 404. The summed E-state index contributed by atoms with van der Waals surface area (Å²) in [5, 5.41) is 20.3. The zero-order valence-corrected chi connectivity index (χ0v) is 15.3. The maximum Gasteiger partial charge on any atom is 0.311 e. The molecule has 0 aliphatic rings. The van der Waals surface area contributed by atoms with E-state index in [9.17, 15) is 19.8 Å². The molecular formula is C18H34O4. The molecule has 0 heterocycles. The quantitative estimate of drug-likeness (QED) is 0.606. The SMILES string of the molecule is CCCC(C)(CC)C(CC)(C(=O)O)C(CC)(C(=O)O)C(C)C. The summed E-state index contributed by atoms with van der Waals surface area (Å²) < 4.78 is 0. The molecule has 22 heavy (non-hydrogen) atoms. The molecule has 0 bridgehead atoms. The first kappa shape index (κ1) is 20.9. The van der Waals surface area contributed by atoms with Gasteiger partial charge in [-0.2, -0.15) is 0 Å². The van der Waals surface area contributed by atoms with Gasteiger partial charge in [-0.05, 0) is 37.0 Å². The van der Waals surface area contributed by atoms with Gasteiger partial charge in [0, 0.05) is 0 Å². The molecule has 0 saturated heterocycles. The van der Waals surface area contributed by atoms with Crippen molar-refractivity contribution in [1.29, 1.82) is 0 Å². The van der Waals surface area contributed by atoms with Crippen LogP contribution in [0.5, 0.6) is 0 Å². The van der Waals surface area contributed by atoms with Crippen molar-refractivity contribution in [2.75, 3.05) is 0 Å². The van der Waals surface area contributed by atoms with Crippen LogP contribution in [0, 0.1) is 22.2 Å². The first-order valence-electron chi connectivity index (χ1n) is 8.54. The molecule has 0 aromatic rings. The van der Waals surface area contributed by atoms with Crippen molar-refractivity contribution in [3.63, 3.8) is 0 Å². The van der Waals surface area contributed by atoms with Gasteiger partial charge in [-0.3, -0.25) is 9.59 Å². The maximum absolute atomic E-state index is 12.5. The average molecular weight is 314 g/mol. The second kappa shape index (κ2) is 7.47. The Balaban J connectivity index is 6.78. The molecule has 0 aliphatic carbocycles. The zero-order chi connectivity index (χ0) is 17.8. The van der Waals surface area contributed by atoms with E-state index in [0.717, 1.165) is 6.42 Å². The topological polar surface area (TPSA) is 74.6 Å². The monoisotopic (exact) mass is 314 g/mol. The molecule has 4 heteroatoms. The summed E-state index contributed by atoms with van der Waals surface area (Å²) in [7, 11) is 0. The Morgan fingerprint density at radius 1 is 0.909 bits per heavy atom. The lowest BCUT2D eigenvalue weighted by Crippen LogP contribution is -2.62. The van der Waals surface area contributed by atoms with Crippen LogP contribution < -0.4 is 0 Å². The number of hydrogen-bond acceptors (Lipinski definition) is 2. The highest BCUT2D eigenvalue weighted by Crippen LogP contribution is 2.62. The lowest BCUT2D eigenvalue weighted by Gasteiger charge is -2.56. The number of carbonyl (C=O) groups is 2. The molecule has 3 unspecified atom stereocenters. The summed E-state index contributed by atoms with van der Waals surface area (Å²) in [6.45, 7) is 13.3. The fraction of sp³-hybridized carbons (Fsp3) is 0.889. The van der Waals surface area contributed by atoms with Crippen LogP contribution in [-0.2, 0) is 9.59 Å². The minimum atomic E-state index is -1.28. The van der Waals surface area contributed by atoms with Gasteiger partial charge < -0.3 is 10.2 Å². The lowest BCUT2D eigenvalue weighted by molar-refractivity contribution is -0.200. The van der Waals surface area contributed by atoms with E-state index in [1.807, 2.05) is 48.5 Å². The third kappa shape index (κ3) is 2.65. The normalized spacial score (nSPS) is 20.0. The van der Waals surface area contributed by atoms with Crippen LogP contribution >= 0.6 is 0 Å². The molecule has 0 amide bonds. The van der Waals surface area contributed by atoms with E-state index in [2.05, 4.69) is 0 Å². The van der Waals surface area contributed by atoms with E-state index in [1.165, 1.54) is 0 Å². The summed E-state index contributed by atoms with van der Waals surface area (Å²) in [6.07, 6.45) is 2.86. The van der Waals surface area contributed by atoms with Gasteiger partial charge in [0.2, 0.25) is 0 Å². The fourth-order valence-corrected chi connectivity index (χ4v) is 4.91. The van der Waals surface area contributed by atoms with Crippen molar-refractivity contribution < 1.29 is 19.8 Å². The van der Waals surface area contributed by atoms with E-state index in [0.29, 0.717) is 25.7 Å². The van der Waals surface area contributed by atoms with Crippen LogP contribution in [0.3, 0.4) is 0 Å². The van der Waals surface area contributed by atoms with Gasteiger partial charge >= 0.3 is 11.9 Å². The number of carboxylic acids is 2. The third-order valence-electron chi connectivity index (χ3n) is 6.19. The average Bonchev–Trinajstić information content (AvgIpc) is 2.43. The van der Waals surface area contributed by atoms with Crippen LogP contribution in [0.15, 0.2) is 0 Å². The minimum Gasteiger partial charge on any atom is -0.481 e. The highest BCUT2D eigenvalue weighted by molar-refractivity contribution is 5.87. The molecule has 2 N–H and O–H groups in total. The Hall–Kier alpha value is -1.06. The Morgan fingerprint density at radius 2 is 1.41 bits per heavy atom. The van der Waals surface area contributed by atoms with E-state index in [4.69, 9.17) is 0 Å². The molecule has 0 aliphatic heterocycles. The predicted molar refractivity (Wildman–Crippen MR) is 88.9 cm³/mol. The van der Waals surface area contributed by atoms with E-state index in [-0.39, 0.29) is 5.92 Å². The number of hydrogen-bond donors (Lipinski definition) is 2. The van der Waals surface area contributed by atoms with Gasteiger partial charge in [-0.1, -0.05) is 54.9 Å². The Kier molecular flexibility index (Phi) is 7.11. The van der Waals surface area contributed by atoms with Crippen LogP contribution in [-0.4, -0.2) is 22.2 Å². The first-order valence-corrected chi connectivity index (χ1v) is 8.54. The summed E-state index contributed by atoms with van der Waals surface area (Å²) in [4.78, 5) is 24.8. The molecule has 0 saturated carbocycles. The molecule has 0 radical (unpaired) electrons. The first-order chi connectivity index (χ1) is 10.1. The minimum absolute atomic E-state index is 0.256. The number of aliphatic carboxylic acids is 2.